The lowest BCUT2D eigenvalue weighted by Crippen LogP contribution is -2.54. The smallest absolute Gasteiger partial charge is 0.405 e. The normalized spacial score (nSPS) is 16.3. The molecule has 0 radical (unpaired) electrons. The third-order valence-corrected chi connectivity index (χ3v) is 4.62. The minimum Gasteiger partial charge on any atom is -0.494 e. The van der Waals surface area contributed by atoms with Gasteiger partial charge in [-0.3, -0.25) is 9.69 Å². The van der Waals surface area contributed by atoms with Gasteiger partial charge in [-0.2, -0.15) is 0 Å². The van der Waals surface area contributed by atoms with Crippen LogP contribution in [0, 0.1) is 0 Å². The van der Waals surface area contributed by atoms with E-state index in [0.29, 0.717) is 19.7 Å². The van der Waals surface area contributed by atoms with Crippen LogP contribution >= 0.6 is 15.9 Å². The Morgan fingerprint density at radius 3 is 2.48 bits per heavy atom. The summed E-state index contributed by atoms with van der Waals surface area (Å²) in [7, 11) is 0. The number of carbonyl (C=O) groups excluding carboxylic acids is 1. The van der Waals surface area contributed by atoms with Crippen molar-refractivity contribution in [2.75, 3.05) is 39.3 Å². The molecule has 7 nitrogen and oxygen atoms in total. The van der Waals surface area contributed by atoms with Crippen molar-refractivity contribution in [1.82, 2.24) is 15.1 Å². The summed E-state index contributed by atoms with van der Waals surface area (Å²) in [5.41, 5.74) is 0. The molecule has 0 spiro atoms. The number of piperazine rings is 1. The van der Waals surface area contributed by atoms with Crippen molar-refractivity contribution < 1.29 is 19.4 Å². The second-order valence-corrected chi connectivity index (χ2v) is 6.91. The molecule has 2 N–H and O–H groups in total. The fraction of sp³-hybridized carbons (Fsp3) is 0.529. The quantitative estimate of drug-likeness (QED) is 0.668. The van der Waals surface area contributed by atoms with E-state index in [9.17, 15) is 9.59 Å². The zero-order valence-electron chi connectivity index (χ0n) is 14.3. The Kier molecular flexibility index (Phi) is 7.52. The first-order valence-corrected chi connectivity index (χ1v) is 9.14. The maximum absolute atomic E-state index is 12.1. The van der Waals surface area contributed by atoms with Crippen LogP contribution < -0.4 is 10.1 Å². The predicted octanol–water partition coefficient (Wildman–Crippen LogP) is 2.02. The number of nitrogens with one attached hydrogen (secondary N) is 1. The summed E-state index contributed by atoms with van der Waals surface area (Å²) in [5, 5.41) is 10.9. The number of ether oxygens (including phenoxy) is 1. The summed E-state index contributed by atoms with van der Waals surface area (Å²) >= 11 is 3.39. The molecule has 8 heteroatoms. The van der Waals surface area contributed by atoms with E-state index in [1.54, 1.807) is 11.8 Å². The van der Waals surface area contributed by atoms with Crippen molar-refractivity contribution in [1.29, 1.82) is 0 Å². The highest BCUT2D eigenvalue weighted by Crippen LogP contribution is 2.16. The topological polar surface area (TPSA) is 82.1 Å². The van der Waals surface area contributed by atoms with Crippen LogP contribution in [0.2, 0.25) is 0 Å². The Hall–Kier alpha value is -1.80. The molecule has 0 saturated carbocycles. The van der Waals surface area contributed by atoms with Crippen LogP contribution in [-0.2, 0) is 4.79 Å². The fourth-order valence-electron chi connectivity index (χ4n) is 2.72. The van der Waals surface area contributed by atoms with Gasteiger partial charge in [0.1, 0.15) is 11.8 Å². The molecule has 1 heterocycles. The summed E-state index contributed by atoms with van der Waals surface area (Å²) in [6, 6.07) is 7.06. The highest BCUT2D eigenvalue weighted by molar-refractivity contribution is 9.10. The van der Waals surface area contributed by atoms with Crippen LogP contribution in [0.25, 0.3) is 0 Å². The van der Waals surface area contributed by atoms with Gasteiger partial charge in [-0.25, -0.2) is 4.79 Å². The van der Waals surface area contributed by atoms with Gasteiger partial charge in [0.15, 0.2) is 0 Å². The summed E-state index contributed by atoms with van der Waals surface area (Å²) in [4.78, 5) is 26.8. The molecule has 138 valence electrons. The first kappa shape index (κ1) is 19.5. The molecule has 25 heavy (non-hydrogen) atoms. The van der Waals surface area contributed by atoms with E-state index in [4.69, 9.17) is 9.84 Å². The van der Waals surface area contributed by atoms with Gasteiger partial charge in [0.2, 0.25) is 5.91 Å². The SMILES string of the molecule is CC(NC(=O)O)C(=O)N1CCN(CCCOc2ccc(Br)cc2)CC1. The number of carboxylic acid groups (broad SMARTS) is 1. The fourth-order valence-corrected chi connectivity index (χ4v) is 2.99. The zero-order chi connectivity index (χ0) is 18.2. The second-order valence-electron chi connectivity index (χ2n) is 5.99. The molecule has 1 aromatic carbocycles. The Morgan fingerprint density at radius 2 is 1.88 bits per heavy atom. The van der Waals surface area contributed by atoms with E-state index in [-0.39, 0.29) is 5.91 Å². The number of benzene rings is 1. The summed E-state index contributed by atoms with van der Waals surface area (Å²) in [6.45, 7) is 5.98. The number of amides is 2. The number of rotatable bonds is 7. The summed E-state index contributed by atoms with van der Waals surface area (Å²) < 4.78 is 6.73. The van der Waals surface area contributed by atoms with Crippen LogP contribution in [0.3, 0.4) is 0 Å². The molecule has 1 aliphatic rings. The summed E-state index contributed by atoms with van der Waals surface area (Å²) in [5.74, 6) is 0.694. The van der Waals surface area contributed by atoms with Gasteiger partial charge in [0.05, 0.1) is 6.61 Å². The molecule has 2 amide bonds. The number of halogens is 1. The molecule has 0 aliphatic carbocycles. The highest BCUT2D eigenvalue weighted by Gasteiger charge is 2.25. The van der Waals surface area contributed by atoms with Gasteiger partial charge >= 0.3 is 6.09 Å². The molecule has 0 aromatic heterocycles. The third-order valence-electron chi connectivity index (χ3n) is 4.10. The Bertz CT molecular complexity index is 574. The average molecular weight is 414 g/mol. The minimum absolute atomic E-state index is 0.166. The van der Waals surface area contributed by atoms with Crippen LogP contribution in [0.15, 0.2) is 28.7 Å². The minimum atomic E-state index is -1.18. The van der Waals surface area contributed by atoms with Crippen molar-refractivity contribution in [3.05, 3.63) is 28.7 Å². The lowest BCUT2D eigenvalue weighted by atomic mass is 10.2. The van der Waals surface area contributed by atoms with Crippen molar-refractivity contribution in [2.24, 2.45) is 0 Å². The average Bonchev–Trinajstić information content (AvgIpc) is 2.59. The molecule has 0 bridgehead atoms. The molecular formula is C17H24BrN3O4. The highest BCUT2D eigenvalue weighted by atomic mass is 79.9. The first-order chi connectivity index (χ1) is 12.0. The maximum atomic E-state index is 12.1. The van der Waals surface area contributed by atoms with Crippen molar-refractivity contribution in [3.63, 3.8) is 0 Å². The largest absolute Gasteiger partial charge is 0.494 e. The zero-order valence-corrected chi connectivity index (χ0v) is 15.9. The van der Waals surface area contributed by atoms with Gasteiger partial charge in [-0.05, 0) is 37.6 Å². The molecular weight excluding hydrogens is 390 g/mol. The molecule has 1 atom stereocenters. The third kappa shape index (κ3) is 6.55. The van der Waals surface area contributed by atoms with Gasteiger partial charge in [0, 0.05) is 37.2 Å². The second kappa shape index (κ2) is 9.62. The van der Waals surface area contributed by atoms with E-state index >= 15 is 0 Å². The lowest BCUT2D eigenvalue weighted by Gasteiger charge is -2.35. The Morgan fingerprint density at radius 1 is 1.24 bits per heavy atom. The van der Waals surface area contributed by atoms with E-state index < -0.39 is 12.1 Å². The van der Waals surface area contributed by atoms with Crippen LogP contribution in [0.4, 0.5) is 4.79 Å². The molecule has 1 unspecified atom stereocenters. The first-order valence-electron chi connectivity index (χ1n) is 8.34. The molecule has 1 saturated heterocycles. The van der Waals surface area contributed by atoms with Gasteiger partial charge in [-0.1, -0.05) is 15.9 Å². The van der Waals surface area contributed by atoms with Crippen molar-refractivity contribution in [3.8, 4) is 5.75 Å². The maximum Gasteiger partial charge on any atom is 0.405 e. The molecule has 2 rings (SSSR count). The Labute approximate surface area is 156 Å². The molecule has 1 aliphatic heterocycles. The number of carbonyl (C=O) groups is 2. The monoisotopic (exact) mass is 413 g/mol. The molecule has 1 fully saturated rings. The number of hydrogen-bond acceptors (Lipinski definition) is 4. The van der Waals surface area contributed by atoms with Crippen molar-refractivity contribution >= 4 is 27.9 Å². The van der Waals surface area contributed by atoms with Gasteiger partial charge in [0.25, 0.3) is 0 Å². The van der Waals surface area contributed by atoms with E-state index in [2.05, 4.69) is 26.1 Å². The Balaban J connectivity index is 1.62. The van der Waals surface area contributed by atoms with Crippen LogP contribution in [0.1, 0.15) is 13.3 Å². The predicted molar refractivity (Wildman–Crippen MR) is 97.9 cm³/mol. The lowest BCUT2D eigenvalue weighted by molar-refractivity contribution is -0.134. The summed E-state index contributed by atoms with van der Waals surface area (Å²) in [6.07, 6.45) is -0.258. The number of nitrogens with zero attached hydrogens (tertiary/aromatic N) is 2. The van der Waals surface area contributed by atoms with E-state index in [1.807, 2.05) is 24.3 Å². The number of hydrogen-bond donors (Lipinski definition) is 2. The van der Waals surface area contributed by atoms with Crippen LogP contribution in [-0.4, -0.2) is 72.3 Å². The van der Waals surface area contributed by atoms with E-state index in [1.165, 1.54) is 0 Å². The van der Waals surface area contributed by atoms with E-state index in [0.717, 1.165) is 36.3 Å². The van der Waals surface area contributed by atoms with Crippen LogP contribution in [0.5, 0.6) is 5.75 Å². The van der Waals surface area contributed by atoms with Gasteiger partial charge in [-0.15, -0.1) is 0 Å². The molecule has 1 aromatic rings. The van der Waals surface area contributed by atoms with Gasteiger partial charge < -0.3 is 20.1 Å². The van der Waals surface area contributed by atoms with Crippen molar-refractivity contribution in [2.45, 2.75) is 19.4 Å². The standard InChI is InChI=1S/C17H24BrN3O4/c1-13(19-17(23)24)16(22)21-10-8-20(9-11-21)7-2-12-25-15-5-3-14(18)4-6-15/h3-6,13,19H,2,7-12H2,1H3,(H,23,24).